The van der Waals surface area contributed by atoms with Crippen LogP contribution >= 0.6 is 11.8 Å². The van der Waals surface area contributed by atoms with E-state index in [0.29, 0.717) is 12.2 Å². The Balaban J connectivity index is 2.53. The second-order valence-electron chi connectivity index (χ2n) is 3.89. The minimum atomic E-state index is -0.637. The molecular formula is C11H14N4O2S. The first kappa shape index (κ1) is 12.9. The van der Waals surface area contributed by atoms with E-state index in [2.05, 4.69) is 0 Å². The van der Waals surface area contributed by atoms with E-state index in [1.54, 1.807) is 13.0 Å². The number of anilines is 1. The van der Waals surface area contributed by atoms with Gasteiger partial charge < -0.3 is 5.73 Å². The number of carbonyl (C=O) groups excluding carboxylic acids is 2. The molecule has 0 aromatic heterocycles. The van der Waals surface area contributed by atoms with Crippen molar-refractivity contribution in [3.8, 4) is 0 Å². The molecule has 1 aliphatic heterocycles. The number of nitrogens with one attached hydrogen (secondary N) is 1. The predicted molar refractivity (Wildman–Crippen MR) is 69.9 cm³/mol. The standard InChI is InChI=1S/C11H14N4O2S/c1-6-10(16)15(11(17)14-13)8-4-7(5-12)2-3-9(8)18-6/h2-4,6H,5,12-13H2,1H3,(H,14,17). The number of benzene rings is 1. The van der Waals surface area contributed by atoms with Crippen LogP contribution < -0.4 is 21.9 Å². The van der Waals surface area contributed by atoms with Crippen LogP contribution in [-0.4, -0.2) is 17.2 Å². The highest BCUT2D eigenvalue weighted by Crippen LogP contribution is 2.39. The van der Waals surface area contributed by atoms with Crippen molar-refractivity contribution in [1.29, 1.82) is 0 Å². The van der Waals surface area contributed by atoms with Crippen molar-refractivity contribution in [2.24, 2.45) is 11.6 Å². The molecule has 18 heavy (non-hydrogen) atoms. The van der Waals surface area contributed by atoms with Gasteiger partial charge in [-0.05, 0) is 24.6 Å². The molecule has 3 amide bonds. The van der Waals surface area contributed by atoms with E-state index < -0.39 is 6.03 Å². The van der Waals surface area contributed by atoms with Gasteiger partial charge in [-0.3, -0.25) is 10.2 Å². The first-order chi connectivity index (χ1) is 8.58. The van der Waals surface area contributed by atoms with E-state index in [1.807, 2.05) is 17.6 Å². The van der Waals surface area contributed by atoms with Gasteiger partial charge in [0, 0.05) is 11.4 Å². The van der Waals surface area contributed by atoms with Gasteiger partial charge in [0.15, 0.2) is 0 Å². The van der Waals surface area contributed by atoms with Crippen molar-refractivity contribution in [3.05, 3.63) is 23.8 Å². The average molecular weight is 266 g/mol. The fourth-order valence-electron chi connectivity index (χ4n) is 1.78. The normalized spacial score (nSPS) is 18.5. The van der Waals surface area contributed by atoms with Crippen LogP contribution in [0.2, 0.25) is 0 Å². The molecule has 0 bridgehead atoms. The smallest absolute Gasteiger partial charge is 0.326 e. The van der Waals surface area contributed by atoms with Crippen LogP contribution in [0.15, 0.2) is 23.1 Å². The largest absolute Gasteiger partial charge is 0.342 e. The summed E-state index contributed by atoms with van der Waals surface area (Å²) in [6, 6.07) is 4.85. The molecular weight excluding hydrogens is 252 g/mol. The maximum absolute atomic E-state index is 12.0. The quantitative estimate of drug-likeness (QED) is 0.391. The number of rotatable bonds is 1. The van der Waals surface area contributed by atoms with Gasteiger partial charge in [-0.25, -0.2) is 15.5 Å². The Morgan fingerprint density at radius 1 is 1.56 bits per heavy atom. The number of urea groups is 1. The van der Waals surface area contributed by atoms with Crippen molar-refractivity contribution < 1.29 is 9.59 Å². The summed E-state index contributed by atoms with van der Waals surface area (Å²) < 4.78 is 0. The van der Waals surface area contributed by atoms with E-state index in [-0.39, 0.29) is 11.2 Å². The van der Waals surface area contributed by atoms with Crippen molar-refractivity contribution in [2.75, 3.05) is 4.90 Å². The Bertz CT molecular complexity index is 506. The van der Waals surface area contributed by atoms with Crippen LogP contribution in [0.1, 0.15) is 12.5 Å². The molecule has 0 fully saturated rings. The summed E-state index contributed by atoms with van der Waals surface area (Å²) in [6.45, 7) is 2.10. The highest BCUT2D eigenvalue weighted by molar-refractivity contribution is 8.01. The lowest BCUT2D eigenvalue weighted by Crippen LogP contribution is -2.51. The monoisotopic (exact) mass is 266 g/mol. The highest BCUT2D eigenvalue weighted by atomic mass is 32.2. The summed E-state index contributed by atoms with van der Waals surface area (Å²) in [7, 11) is 0. The van der Waals surface area contributed by atoms with Crippen LogP contribution in [0.25, 0.3) is 0 Å². The maximum atomic E-state index is 12.0. The van der Waals surface area contributed by atoms with Crippen LogP contribution in [0.3, 0.4) is 0 Å². The number of hydrogen-bond acceptors (Lipinski definition) is 5. The second kappa shape index (κ2) is 4.97. The molecule has 0 spiro atoms. The van der Waals surface area contributed by atoms with Gasteiger partial charge in [0.25, 0.3) is 0 Å². The number of nitrogens with zero attached hydrogens (tertiary/aromatic N) is 1. The average Bonchev–Trinajstić information content (AvgIpc) is 2.39. The van der Waals surface area contributed by atoms with E-state index in [9.17, 15) is 9.59 Å². The van der Waals surface area contributed by atoms with Crippen molar-refractivity contribution in [3.63, 3.8) is 0 Å². The summed E-state index contributed by atoms with van der Waals surface area (Å²) in [5.41, 5.74) is 8.94. The molecule has 1 aliphatic rings. The third-order valence-electron chi connectivity index (χ3n) is 2.70. The molecule has 1 aromatic carbocycles. The lowest BCUT2D eigenvalue weighted by atomic mass is 10.1. The number of nitrogens with two attached hydrogens (primary N) is 2. The van der Waals surface area contributed by atoms with Gasteiger partial charge in [0.1, 0.15) is 0 Å². The van der Waals surface area contributed by atoms with Gasteiger partial charge in [0.2, 0.25) is 5.91 Å². The molecule has 96 valence electrons. The number of hydrazine groups is 1. The maximum Gasteiger partial charge on any atom is 0.342 e. The number of thioether (sulfide) groups is 1. The number of carbonyl (C=O) groups is 2. The SMILES string of the molecule is CC1Sc2ccc(CN)cc2N(C(=O)NN)C1=O. The Kier molecular flexibility index (Phi) is 3.55. The lowest BCUT2D eigenvalue weighted by Gasteiger charge is -2.30. The van der Waals surface area contributed by atoms with Gasteiger partial charge in [-0.2, -0.15) is 0 Å². The van der Waals surface area contributed by atoms with E-state index in [1.165, 1.54) is 11.8 Å². The Morgan fingerprint density at radius 3 is 2.89 bits per heavy atom. The fraction of sp³-hybridized carbons (Fsp3) is 0.273. The molecule has 0 saturated heterocycles. The molecule has 0 radical (unpaired) electrons. The topological polar surface area (TPSA) is 101 Å². The minimum Gasteiger partial charge on any atom is -0.326 e. The van der Waals surface area contributed by atoms with Crippen molar-refractivity contribution in [1.82, 2.24) is 5.43 Å². The molecule has 1 atom stereocenters. The zero-order chi connectivity index (χ0) is 13.3. The second-order valence-corrected chi connectivity index (χ2v) is 5.27. The van der Waals surface area contributed by atoms with Gasteiger partial charge in [0.05, 0.1) is 10.9 Å². The van der Waals surface area contributed by atoms with Crippen LogP contribution in [0, 0.1) is 0 Å². The van der Waals surface area contributed by atoms with Crippen LogP contribution in [0.5, 0.6) is 0 Å². The summed E-state index contributed by atoms with van der Waals surface area (Å²) in [5, 5.41) is -0.321. The summed E-state index contributed by atoms with van der Waals surface area (Å²) in [5.74, 6) is 4.83. The first-order valence-electron chi connectivity index (χ1n) is 5.42. The summed E-state index contributed by atoms with van der Waals surface area (Å²) >= 11 is 1.42. The van der Waals surface area contributed by atoms with Crippen molar-refractivity contribution in [2.45, 2.75) is 23.6 Å². The molecule has 0 aliphatic carbocycles. The number of hydrogen-bond donors (Lipinski definition) is 3. The number of fused-ring (bicyclic) bond motifs is 1. The Labute approximate surface area is 109 Å². The molecule has 5 N–H and O–H groups in total. The molecule has 2 rings (SSSR count). The van der Waals surface area contributed by atoms with E-state index in [4.69, 9.17) is 11.6 Å². The van der Waals surface area contributed by atoms with Gasteiger partial charge in [-0.1, -0.05) is 6.07 Å². The summed E-state index contributed by atoms with van der Waals surface area (Å²) in [4.78, 5) is 25.7. The molecule has 6 nitrogen and oxygen atoms in total. The molecule has 1 aromatic rings. The van der Waals surface area contributed by atoms with E-state index >= 15 is 0 Å². The molecule has 1 unspecified atom stereocenters. The predicted octanol–water partition coefficient (Wildman–Crippen LogP) is 0.556. The Morgan fingerprint density at radius 2 is 2.28 bits per heavy atom. The number of imide groups is 1. The molecule has 1 heterocycles. The zero-order valence-electron chi connectivity index (χ0n) is 9.84. The molecule has 7 heteroatoms. The Hall–Kier alpha value is -1.57. The molecule has 0 saturated carbocycles. The minimum absolute atomic E-state index is 0.287. The van der Waals surface area contributed by atoms with E-state index in [0.717, 1.165) is 15.4 Å². The number of amides is 3. The lowest BCUT2D eigenvalue weighted by molar-refractivity contribution is -0.117. The first-order valence-corrected chi connectivity index (χ1v) is 6.30. The zero-order valence-corrected chi connectivity index (χ0v) is 10.7. The third-order valence-corrected chi connectivity index (χ3v) is 3.85. The highest BCUT2D eigenvalue weighted by Gasteiger charge is 2.34. The van der Waals surface area contributed by atoms with Crippen molar-refractivity contribution >= 4 is 29.4 Å². The summed E-state index contributed by atoms with van der Waals surface area (Å²) in [6.07, 6.45) is 0. The van der Waals surface area contributed by atoms with Gasteiger partial charge >= 0.3 is 6.03 Å². The van der Waals surface area contributed by atoms with Gasteiger partial charge in [-0.15, -0.1) is 11.8 Å². The van der Waals surface area contributed by atoms with Crippen LogP contribution in [-0.2, 0) is 11.3 Å². The fourth-order valence-corrected chi connectivity index (χ4v) is 2.78. The van der Waals surface area contributed by atoms with Crippen LogP contribution in [0.4, 0.5) is 10.5 Å². The third kappa shape index (κ3) is 2.07.